The average molecular weight is 313 g/mol. The van der Waals surface area contributed by atoms with Crippen molar-refractivity contribution in [3.05, 3.63) is 54.1 Å². The van der Waals surface area contributed by atoms with Crippen LogP contribution in [-0.4, -0.2) is 14.2 Å². The number of benzene rings is 2. The Hall–Kier alpha value is -2.12. The van der Waals surface area contributed by atoms with Crippen LogP contribution in [0.25, 0.3) is 11.1 Å². The molecule has 0 saturated heterocycles. The molecule has 0 fully saturated rings. The lowest BCUT2D eigenvalue weighted by Crippen LogP contribution is -2.04. The minimum Gasteiger partial charge on any atom is -0.223 e. The van der Waals surface area contributed by atoms with Gasteiger partial charge in [0.25, 0.3) is 0 Å². The van der Waals surface area contributed by atoms with E-state index in [4.69, 9.17) is 5.26 Å². The van der Waals surface area contributed by atoms with E-state index in [-0.39, 0.29) is 4.90 Å². The molecule has 0 bridgehead atoms. The zero-order valence-corrected chi connectivity index (χ0v) is 13.6. The Kier molecular flexibility index (Phi) is 4.99. The molecule has 0 N–H and O–H groups in total. The van der Waals surface area contributed by atoms with Crippen LogP contribution < -0.4 is 0 Å². The zero-order chi connectivity index (χ0) is 16.2. The van der Waals surface area contributed by atoms with Crippen molar-refractivity contribution in [2.75, 3.05) is 5.75 Å². The van der Waals surface area contributed by atoms with Gasteiger partial charge in [-0.25, -0.2) is 8.42 Å². The summed E-state index contributed by atoms with van der Waals surface area (Å²) in [5.74, 6) is 0.131. The van der Waals surface area contributed by atoms with Crippen molar-refractivity contribution in [2.45, 2.75) is 25.2 Å². The van der Waals surface area contributed by atoms with Crippen LogP contribution in [-0.2, 0) is 16.3 Å². The first-order valence-corrected chi connectivity index (χ1v) is 8.86. The number of nitriles is 1. The van der Waals surface area contributed by atoms with Crippen LogP contribution in [0.15, 0.2) is 53.4 Å². The highest BCUT2D eigenvalue weighted by Crippen LogP contribution is 2.23. The maximum Gasteiger partial charge on any atom is 0.191 e. The maximum absolute atomic E-state index is 11.8. The molecular weight excluding hydrogens is 294 g/mol. The van der Waals surface area contributed by atoms with E-state index in [9.17, 15) is 8.42 Å². The SMILES string of the molecule is CC(C)Cc1ccc(-c2ccc(S(=O)(=O)CC#N)cc2)cc1. The normalized spacial score (nSPS) is 11.4. The summed E-state index contributed by atoms with van der Waals surface area (Å²) in [4.78, 5) is 0.189. The Balaban J connectivity index is 2.22. The van der Waals surface area contributed by atoms with Crippen LogP contribution >= 0.6 is 0 Å². The Morgan fingerprint density at radius 1 is 0.955 bits per heavy atom. The monoisotopic (exact) mass is 313 g/mol. The quantitative estimate of drug-likeness (QED) is 0.842. The fourth-order valence-corrected chi connectivity index (χ4v) is 3.22. The second-order valence-corrected chi connectivity index (χ2v) is 7.73. The summed E-state index contributed by atoms with van der Waals surface area (Å²) in [6.07, 6.45) is 1.05. The summed E-state index contributed by atoms with van der Waals surface area (Å²) in [6, 6.07) is 16.7. The smallest absolute Gasteiger partial charge is 0.191 e. The lowest BCUT2D eigenvalue weighted by Gasteiger charge is -2.07. The Morgan fingerprint density at radius 3 is 1.91 bits per heavy atom. The molecule has 0 aliphatic rings. The number of hydrogen-bond donors (Lipinski definition) is 0. The van der Waals surface area contributed by atoms with Crippen molar-refractivity contribution in [1.82, 2.24) is 0 Å². The first-order valence-electron chi connectivity index (χ1n) is 7.21. The molecule has 22 heavy (non-hydrogen) atoms. The first-order chi connectivity index (χ1) is 10.4. The van der Waals surface area contributed by atoms with Crippen LogP contribution in [0.3, 0.4) is 0 Å². The van der Waals surface area contributed by atoms with E-state index in [0.717, 1.165) is 17.5 Å². The molecule has 2 aromatic carbocycles. The van der Waals surface area contributed by atoms with Gasteiger partial charge in [0.1, 0.15) is 5.75 Å². The number of rotatable bonds is 5. The van der Waals surface area contributed by atoms with Gasteiger partial charge in [0.15, 0.2) is 9.84 Å². The minimum atomic E-state index is -3.49. The van der Waals surface area contributed by atoms with Crippen LogP contribution in [0.1, 0.15) is 19.4 Å². The van der Waals surface area contributed by atoms with Crippen LogP contribution in [0, 0.1) is 17.2 Å². The molecule has 0 saturated carbocycles. The lowest BCUT2D eigenvalue weighted by atomic mass is 9.99. The molecular formula is C18H19NO2S. The van der Waals surface area contributed by atoms with Gasteiger partial charge in [0, 0.05) is 0 Å². The molecule has 2 rings (SSSR count). The summed E-state index contributed by atoms with van der Waals surface area (Å²) in [5.41, 5.74) is 3.32. The van der Waals surface area contributed by atoms with Crippen molar-refractivity contribution in [3.8, 4) is 17.2 Å². The van der Waals surface area contributed by atoms with Crippen molar-refractivity contribution in [2.24, 2.45) is 5.92 Å². The Morgan fingerprint density at radius 2 is 1.45 bits per heavy atom. The van der Waals surface area contributed by atoms with Crippen molar-refractivity contribution in [1.29, 1.82) is 5.26 Å². The summed E-state index contributed by atoms with van der Waals surface area (Å²) in [5, 5.41) is 8.55. The van der Waals surface area contributed by atoms with Gasteiger partial charge in [0.2, 0.25) is 0 Å². The lowest BCUT2D eigenvalue weighted by molar-refractivity contribution is 0.599. The number of nitrogens with zero attached hydrogens (tertiary/aromatic N) is 1. The summed E-state index contributed by atoms with van der Waals surface area (Å²) in [6.45, 7) is 4.38. The van der Waals surface area contributed by atoms with Gasteiger partial charge >= 0.3 is 0 Å². The minimum absolute atomic E-state index is 0.189. The largest absolute Gasteiger partial charge is 0.223 e. The van der Waals surface area contributed by atoms with E-state index in [0.29, 0.717) is 5.92 Å². The van der Waals surface area contributed by atoms with E-state index in [1.807, 2.05) is 0 Å². The van der Waals surface area contributed by atoms with Gasteiger partial charge in [-0.2, -0.15) is 5.26 Å². The van der Waals surface area contributed by atoms with E-state index in [1.165, 1.54) is 5.56 Å². The second-order valence-electron chi connectivity index (χ2n) is 5.74. The van der Waals surface area contributed by atoms with Crippen LogP contribution in [0.5, 0.6) is 0 Å². The summed E-state index contributed by atoms with van der Waals surface area (Å²) >= 11 is 0. The predicted octanol–water partition coefficient (Wildman–Crippen LogP) is 3.85. The van der Waals surface area contributed by atoms with Gasteiger partial charge < -0.3 is 0 Å². The van der Waals surface area contributed by atoms with E-state index >= 15 is 0 Å². The third-order valence-electron chi connectivity index (χ3n) is 3.40. The first kappa shape index (κ1) is 16.3. The van der Waals surface area contributed by atoms with Gasteiger partial charge in [0.05, 0.1) is 11.0 Å². The molecule has 0 unspecified atom stereocenters. The zero-order valence-electron chi connectivity index (χ0n) is 12.8. The molecule has 0 aliphatic carbocycles. The third-order valence-corrected chi connectivity index (χ3v) is 4.90. The maximum atomic E-state index is 11.8. The van der Waals surface area contributed by atoms with Gasteiger partial charge in [-0.15, -0.1) is 0 Å². The topological polar surface area (TPSA) is 57.9 Å². The van der Waals surface area contributed by atoms with E-state index < -0.39 is 15.6 Å². The fourth-order valence-electron chi connectivity index (χ4n) is 2.33. The molecule has 2 aromatic rings. The van der Waals surface area contributed by atoms with Crippen LogP contribution in [0.4, 0.5) is 0 Å². The standard InChI is InChI=1S/C18H19NO2S/c1-14(2)13-15-3-5-16(6-4-15)17-7-9-18(10-8-17)22(20,21)12-11-19/h3-10,14H,12-13H2,1-2H3. The molecule has 0 spiro atoms. The van der Waals surface area contributed by atoms with Gasteiger partial charge in [-0.05, 0) is 41.2 Å². The Labute approximate surface area is 132 Å². The summed E-state index contributed by atoms with van der Waals surface area (Å²) in [7, 11) is -3.49. The third kappa shape index (κ3) is 3.96. The molecule has 0 aliphatic heterocycles. The van der Waals surface area contributed by atoms with Crippen molar-refractivity contribution in [3.63, 3.8) is 0 Å². The molecule has 0 aromatic heterocycles. The molecule has 0 amide bonds. The molecule has 3 nitrogen and oxygen atoms in total. The number of sulfone groups is 1. The van der Waals surface area contributed by atoms with E-state index in [2.05, 4.69) is 38.1 Å². The number of hydrogen-bond acceptors (Lipinski definition) is 3. The second kappa shape index (κ2) is 6.76. The highest BCUT2D eigenvalue weighted by Gasteiger charge is 2.13. The summed E-state index contributed by atoms with van der Waals surface area (Å²) < 4.78 is 23.6. The molecule has 114 valence electrons. The van der Waals surface area contributed by atoms with Crippen molar-refractivity contribution >= 4 is 9.84 Å². The fraction of sp³-hybridized carbons (Fsp3) is 0.278. The molecule has 0 atom stereocenters. The average Bonchev–Trinajstić information content (AvgIpc) is 2.47. The molecule has 0 heterocycles. The van der Waals surface area contributed by atoms with Gasteiger partial charge in [-0.1, -0.05) is 50.2 Å². The highest BCUT2D eigenvalue weighted by molar-refractivity contribution is 7.91. The van der Waals surface area contributed by atoms with Gasteiger partial charge in [-0.3, -0.25) is 0 Å². The highest BCUT2D eigenvalue weighted by atomic mass is 32.2. The van der Waals surface area contributed by atoms with Crippen molar-refractivity contribution < 1.29 is 8.42 Å². The van der Waals surface area contributed by atoms with Crippen LogP contribution in [0.2, 0.25) is 0 Å². The molecule has 0 radical (unpaired) electrons. The molecule has 4 heteroatoms. The predicted molar refractivity (Wildman–Crippen MR) is 88.1 cm³/mol. The Bertz CT molecular complexity index is 767. The van der Waals surface area contributed by atoms with E-state index in [1.54, 1.807) is 30.3 Å².